The van der Waals surface area contributed by atoms with Crippen LogP contribution in [0.15, 0.2) is 72.9 Å². The topological polar surface area (TPSA) is 134 Å². The highest BCUT2D eigenvalue weighted by Crippen LogP contribution is 2.43. The largest absolute Gasteiger partial charge is 0.472 e. The van der Waals surface area contributed by atoms with Crippen molar-refractivity contribution in [1.29, 1.82) is 0 Å². The van der Waals surface area contributed by atoms with Crippen molar-refractivity contribution in [3.05, 3.63) is 72.9 Å². The van der Waals surface area contributed by atoms with Crippen molar-refractivity contribution in [3.63, 3.8) is 0 Å². The van der Waals surface area contributed by atoms with E-state index in [0.29, 0.717) is 12.8 Å². The second kappa shape index (κ2) is 46.9. The summed E-state index contributed by atoms with van der Waals surface area (Å²) >= 11 is 0. The van der Waals surface area contributed by atoms with E-state index in [1.807, 2.05) is 6.08 Å². The Labute approximate surface area is 373 Å². The molecule has 0 spiro atoms. The molecule has 0 radical (unpaired) electrons. The molecule has 0 amide bonds. The first kappa shape index (κ1) is 58.5. The second-order valence-electron chi connectivity index (χ2n) is 15.9. The van der Waals surface area contributed by atoms with E-state index in [2.05, 4.69) is 80.7 Å². The Morgan fingerprint density at radius 1 is 0.508 bits per heavy atom. The van der Waals surface area contributed by atoms with Gasteiger partial charge in [-0.3, -0.25) is 18.6 Å². The Morgan fingerprint density at radius 2 is 0.918 bits per heavy atom. The van der Waals surface area contributed by atoms with Crippen LogP contribution in [0.1, 0.15) is 206 Å². The lowest BCUT2D eigenvalue weighted by Crippen LogP contribution is -2.29. The molecule has 352 valence electrons. The second-order valence-corrected chi connectivity index (χ2v) is 17.4. The molecule has 0 bridgehead atoms. The van der Waals surface area contributed by atoms with Gasteiger partial charge >= 0.3 is 19.8 Å². The molecule has 10 heteroatoms. The molecule has 0 aliphatic heterocycles. The molecule has 9 nitrogen and oxygen atoms in total. The maximum atomic E-state index is 12.6. The fourth-order valence-electron chi connectivity index (χ4n) is 6.49. The lowest BCUT2D eigenvalue weighted by molar-refractivity contribution is -0.161. The number of ether oxygens (including phenoxy) is 2. The number of carbonyl (C=O) groups is 2. The molecule has 0 fully saturated rings. The van der Waals surface area contributed by atoms with Crippen molar-refractivity contribution in [1.82, 2.24) is 0 Å². The molecule has 0 heterocycles. The molecule has 2 unspecified atom stereocenters. The summed E-state index contributed by atoms with van der Waals surface area (Å²) in [5.41, 5.74) is 5.35. The highest BCUT2D eigenvalue weighted by molar-refractivity contribution is 7.47. The summed E-state index contributed by atoms with van der Waals surface area (Å²) in [5.74, 6) is -0.898. The molecule has 0 aromatic heterocycles. The third-order valence-electron chi connectivity index (χ3n) is 10.1. The van der Waals surface area contributed by atoms with Gasteiger partial charge < -0.3 is 20.1 Å². The monoisotopic (exact) mass is 876 g/mol. The molecule has 0 saturated carbocycles. The van der Waals surface area contributed by atoms with Gasteiger partial charge in [-0.25, -0.2) is 4.57 Å². The zero-order valence-corrected chi connectivity index (χ0v) is 39.8. The van der Waals surface area contributed by atoms with E-state index in [1.54, 1.807) is 0 Å². The van der Waals surface area contributed by atoms with Crippen LogP contribution in [0.4, 0.5) is 0 Å². The van der Waals surface area contributed by atoms with Gasteiger partial charge in [0.25, 0.3) is 0 Å². The van der Waals surface area contributed by atoms with Crippen LogP contribution in [-0.4, -0.2) is 49.3 Å². The maximum absolute atomic E-state index is 12.6. The van der Waals surface area contributed by atoms with Gasteiger partial charge in [0.1, 0.15) is 6.61 Å². The van der Waals surface area contributed by atoms with Gasteiger partial charge in [0.15, 0.2) is 6.10 Å². The van der Waals surface area contributed by atoms with Crippen molar-refractivity contribution < 1.29 is 37.6 Å². The first-order valence-electron chi connectivity index (χ1n) is 24.4. The summed E-state index contributed by atoms with van der Waals surface area (Å²) in [6, 6.07) is 0. The maximum Gasteiger partial charge on any atom is 0.472 e. The van der Waals surface area contributed by atoms with Crippen LogP contribution in [0.5, 0.6) is 0 Å². The van der Waals surface area contributed by atoms with E-state index in [4.69, 9.17) is 24.3 Å². The standard InChI is InChI=1S/C51H90NO8P/c1-3-5-7-9-11-13-15-17-19-21-22-23-24-25-26-28-29-31-33-35-37-39-41-43-50(53)57-47-49(48-59-61(55,56)58-46-45-52)60-51(54)44-42-40-38-36-34-32-30-27-20-18-16-14-12-10-8-6-4-2/h6,8,12,14,18,20-22,30,32,36,38,49H,3-5,7,9-11,13,15-17,19,23-29,31,33-35,37,39-48,52H2,1-2H3,(H,55,56)/b8-6-,14-12-,20-18-,22-21-,32-30-,38-36-. The number of esters is 2. The Bertz CT molecular complexity index is 1230. The summed E-state index contributed by atoms with van der Waals surface area (Å²) in [4.78, 5) is 35.0. The van der Waals surface area contributed by atoms with Crippen LogP contribution < -0.4 is 5.73 Å². The van der Waals surface area contributed by atoms with Crippen molar-refractivity contribution in [3.8, 4) is 0 Å². The molecule has 2 atom stereocenters. The minimum atomic E-state index is -4.40. The van der Waals surface area contributed by atoms with Crippen LogP contribution in [0, 0.1) is 0 Å². The number of allylic oxidation sites excluding steroid dienone is 12. The summed E-state index contributed by atoms with van der Waals surface area (Å²) in [6.45, 7) is 3.56. The molecular formula is C51H90NO8P. The van der Waals surface area contributed by atoms with E-state index in [-0.39, 0.29) is 32.6 Å². The Hall–Kier alpha value is -2.55. The summed E-state index contributed by atoms with van der Waals surface area (Å²) in [5, 5.41) is 0. The fourth-order valence-corrected chi connectivity index (χ4v) is 7.25. The van der Waals surface area contributed by atoms with Gasteiger partial charge in [-0.15, -0.1) is 0 Å². The van der Waals surface area contributed by atoms with Crippen molar-refractivity contribution in [2.75, 3.05) is 26.4 Å². The number of rotatable bonds is 45. The van der Waals surface area contributed by atoms with Crippen molar-refractivity contribution in [2.45, 2.75) is 213 Å². The summed E-state index contributed by atoms with van der Waals surface area (Å²) in [7, 11) is -4.40. The van der Waals surface area contributed by atoms with Gasteiger partial charge in [-0.2, -0.15) is 0 Å². The van der Waals surface area contributed by atoms with E-state index < -0.39 is 32.5 Å². The predicted octanol–water partition coefficient (Wildman–Crippen LogP) is 14.6. The number of hydrogen-bond donors (Lipinski definition) is 2. The van der Waals surface area contributed by atoms with Crippen LogP contribution in [0.3, 0.4) is 0 Å². The molecule has 61 heavy (non-hydrogen) atoms. The number of unbranched alkanes of at least 4 members (excludes halogenated alkanes) is 20. The van der Waals surface area contributed by atoms with Gasteiger partial charge in [0.2, 0.25) is 0 Å². The van der Waals surface area contributed by atoms with Crippen LogP contribution in [-0.2, 0) is 32.7 Å². The molecule has 0 rings (SSSR count). The third kappa shape index (κ3) is 46.8. The van der Waals surface area contributed by atoms with Crippen LogP contribution in [0.25, 0.3) is 0 Å². The third-order valence-corrected chi connectivity index (χ3v) is 11.1. The Kier molecular flexibility index (Phi) is 45.0. The van der Waals surface area contributed by atoms with E-state index in [1.165, 1.54) is 116 Å². The first-order valence-corrected chi connectivity index (χ1v) is 25.9. The van der Waals surface area contributed by atoms with E-state index >= 15 is 0 Å². The molecule has 0 aromatic carbocycles. The van der Waals surface area contributed by atoms with Gasteiger partial charge in [-0.05, 0) is 77.0 Å². The number of phosphoric ester groups is 1. The van der Waals surface area contributed by atoms with Gasteiger partial charge in [0, 0.05) is 19.4 Å². The van der Waals surface area contributed by atoms with E-state index in [0.717, 1.165) is 51.4 Å². The van der Waals surface area contributed by atoms with Crippen molar-refractivity contribution >= 4 is 19.8 Å². The number of carbonyl (C=O) groups excluding carboxylic acids is 2. The molecule has 0 aliphatic carbocycles. The Balaban J connectivity index is 4.12. The molecule has 0 aromatic rings. The normalized spacial score (nSPS) is 13.8. The predicted molar refractivity (Wildman–Crippen MR) is 256 cm³/mol. The quantitative estimate of drug-likeness (QED) is 0.0265. The lowest BCUT2D eigenvalue weighted by atomic mass is 10.0. The minimum absolute atomic E-state index is 0.0414. The fraction of sp³-hybridized carbons (Fsp3) is 0.725. The first-order chi connectivity index (χ1) is 29.8. The molecular weight excluding hydrogens is 786 g/mol. The van der Waals surface area contributed by atoms with Gasteiger partial charge in [0.05, 0.1) is 13.2 Å². The average Bonchev–Trinajstić information content (AvgIpc) is 3.25. The highest BCUT2D eigenvalue weighted by atomic mass is 31.2. The highest BCUT2D eigenvalue weighted by Gasteiger charge is 2.26. The molecule has 0 saturated heterocycles. The SMILES string of the molecule is CC/C=C\C/C=C\C/C=C\C/C=C\C/C=C\CCCC(=O)OC(COC(=O)CCCCCCCCCCCCC/C=C\CCCCCCCCCC)COP(=O)(O)OCCN. The number of hydrogen-bond acceptors (Lipinski definition) is 8. The smallest absolute Gasteiger partial charge is 0.462 e. The molecule has 3 N–H and O–H groups in total. The molecule has 0 aliphatic rings. The Morgan fingerprint density at radius 3 is 1.41 bits per heavy atom. The average molecular weight is 876 g/mol. The van der Waals surface area contributed by atoms with E-state index in [9.17, 15) is 19.0 Å². The number of phosphoric acid groups is 1. The number of nitrogens with two attached hydrogens (primary N) is 1. The zero-order valence-electron chi connectivity index (χ0n) is 38.9. The van der Waals surface area contributed by atoms with Crippen LogP contribution in [0.2, 0.25) is 0 Å². The van der Waals surface area contributed by atoms with Crippen molar-refractivity contribution in [2.24, 2.45) is 5.73 Å². The summed E-state index contributed by atoms with van der Waals surface area (Å²) < 4.78 is 32.8. The minimum Gasteiger partial charge on any atom is -0.462 e. The van der Waals surface area contributed by atoms with Gasteiger partial charge in [-0.1, -0.05) is 189 Å². The lowest BCUT2D eigenvalue weighted by Gasteiger charge is -2.19. The summed E-state index contributed by atoms with van der Waals surface area (Å²) in [6.07, 6.45) is 58.1. The van der Waals surface area contributed by atoms with Crippen LogP contribution >= 0.6 is 7.82 Å². The zero-order chi connectivity index (χ0) is 44.6.